The molecule has 1 heterocycles. The van der Waals surface area contributed by atoms with Crippen LogP contribution in [-0.2, 0) is 29.1 Å². The molecule has 1 aliphatic rings. The lowest BCUT2D eigenvalue weighted by atomic mass is 9.93. The summed E-state index contributed by atoms with van der Waals surface area (Å²) < 4.78 is 0. The number of nitrogens with one attached hydrogen (secondary N) is 2. The second kappa shape index (κ2) is 10.3. The summed E-state index contributed by atoms with van der Waals surface area (Å²) in [6.07, 6.45) is -0.667. The van der Waals surface area contributed by atoms with Crippen molar-refractivity contribution in [3.63, 3.8) is 0 Å². The predicted molar refractivity (Wildman–Crippen MR) is 115 cm³/mol. The molecule has 160 valence electrons. The van der Waals surface area contributed by atoms with Crippen LogP contribution in [0.1, 0.15) is 23.6 Å². The summed E-state index contributed by atoms with van der Waals surface area (Å²) in [5.74, 6) is -0.415. The lowest BCUT2D eigenvalue weighted by Crippen LogP contribution is -2.63. The van der Waals surface area contributed by atoms with E-state index in [-0.39, 0.29) is 11.8 Å². The van der Waals surface area contributed by atoms with Gasteiger partial charge in [0.25, 0.3) is 0 Å². The van der Waals surface area contributed by atoms with Gasteiger partial charge in [-0.25, -0.2) is 0 Å². The van der Waals surface area contributed by atoms with Gasteiger partial charge in [0.2, 0.25) is 11.8 Å². The van der Waals surface area contributed by atoms with Gasteiger partial charge in [0.15, 0.2) is 0 Å². The topological polar surface area (TPSA) is 108 Å². The van der Waals surface area contributed by atoms with E-state index < -0.39 is 18.2 Å². The first kappa shape index (κ1) is 22.0. The lowest BCUT2D eigenvalue weighted by molar-refractivity contribution is -0.141. The fourth-order valence-corrected chi connectivity index (χ4v) is 3.86. The smallest absolute Gasteiger partial charge is 0.242 e. The number of rotatable bonds is 8. The normalized spacial score (nSPS) is 18.7. The second-order valence-corrected chi connectivity index (χ2v) is 7.70. The Kier molecular flexibility index (Phi) is 7.57. The van der Waals surface area contributed by atoms with Crippen LogP contribution < -0.4 is 16.4 Å². The maximum absolute atomic E-state index is 13.1. The van der Waals surface area contributed by atoms with Crippen molar-refractivity contribution in [1.29, 1.82) is 0 Å². The van der Waals surface area contributed by atoms with E-state index in [2.05, 4.69) is 10.6 Å². The van der Waals surface area contributed by atoms with Crippen molar-refractivity contribution in [3.05, 3.63) is 71.3 Å². The van der Waals surface area contributed by atoms with Crippen LogP contribution in [-0.4, -0.2) is 53.1 Å². The molecular weight excluding hydrogens is 380 g/mol. The van der Waals surface area contributed by atoms with Gasteiger partial charge in [-0.1, -0.05) is 54.6 Å². The Hall–Kier alpha value is -2.74. The van der Waals surface area contributed by atoms with E-state index in [0.29, 0.717) is 32.6 Å². The van der Waals surface area contributed by atoms with E-state index in [9.17, 15) is 14.7 Å². The molecule has 2 aromatic carbocycles. The minimum Gasteiger partial charge on any atom is -0.389 e. The molecule has 1 saturated heterocycles. The monoisotopic (exact) mass is 410 g/mol. The third-order valence-corrected chi connectivity index (χ3v) is 5.37. The van der Waals surface area contributed by atoms with E-state index >= 15 is 0 Å². The molecule has 3 rings (SSSR count). The second-order valence-electron chi connectivity index (χ2n) is 7.70. The number of nitrogens with zero attached hydrogens (tertiary/aromatic N) is 1. The molecular formula is C23H30N4O3. The summed E-state index contributed by atoms with van der Waals surface area (Å²) in [7, 11) is 0. The van der Waals surface area contributed by atoms with Crippen molar-refractivity contribution in [2.24, 2.45) is 5.73 Å². The highest BCUT2D eigenvalue weighted by Crippen LogP contribution is 2.16. The van der Waals surface area contributed by atoms with Crippen molar-refractivity contribution in [2.75, 3.05) is 13.1 Å². The number of hydrogen-bond donors (Lipinski definition) is 4. The molecule has 3 atom stereocenters. The fraction of sp³-hybridized carbons (Fsp3) is 0.391. The first-order valence-electron chi connectivity index (χ1n) is 10.3. The number of carbonyl (C=O) groups is 2. The third-order valence-electron chi connectivity index (χ3n) is 5.37. The van der Waals surface area contributed by atoms with E-state index in [0.717, 1.165) is 16.7 Å². The van der Waals surface area contributed by atoms with Gasteiger partial charge >= 0.3 is 0 Å². The van der Waals surface area contributed by atoms with Crippen molar-refractivity contribution < 1.29 is 14.7 Å². The molecule has 2 amide bonds. The molecule has 0 radical (unpaired) electrons. The van der Waals surface area contributed by atoms with Gasteiger partial charge in [-0.3, -0.25) is 9.59 Å². The van der Waals surface area contributed by atoms with Gasteiger partial charge in [0.05, 0.1) is 12.1 Å². The standard InChI is InChI=1S/C23H30N4O3/c1-16(28)26-20(13-18-8-5-9-19(12-18)14-24)22(29)21-23(30)27(11-10-25-21)15-17-6-3-2-4-7-17/h2-9,12,20-22,25,29H,10-11,13-15,24H2,1H3,(H,26,28)/t20-,21-,22-/m0/s1. The molecule has 0 aliphatic carbocycles. The van der Waals surface area contributed by atoms with Crippen LogP contribution in [0.15, 0.2) is 54.6 Å². The van der Waals surface area contributed by atoms with Crippen LogP contribution in [0.2, 0.25) is 0 Å². The molecule has 1 aliphatic heterocycles. The number of piperazine rings is 1. The molecule has 7 heteroatoms. The minimum absolute atomic E-state index is 0.163. The van der Waals surface area contributed by atoms with Gasteiger partial charge in [-0.05, 0) is 23.1 Å². The first-order valence-corrected chi connectivity index (χ1v) is 10.3. The fourth-order valence-electron chi connectivity index (χ4n) is 3.86. The average Bonchev–Trinajstić information content (AvgIpc) is 2.75. The number of nitrogens with two attached hydrogens (primary N) is 1. The molecule has 7 nitrogen and oxygen atoms in total. The van der Waals surface area contributed by atoms with Crippen LogP contribution in [0.25, 0.3) is 0 Å². The Balaban J connectivity index is 1.74. The molecule has 1 fully saturated rings. The Morgan fingerprint density at radius 2 is 1.90 bits per heavy atom. The first-order chi connectivity index (χ1) is 14.5. The van der Waals surface area contributed by atoms with Crippen molar-refractivity contribution in [3.8, 4) is 0 Å². The summed E-state index contributed by atoms with van der Waals surface area (Å²) in [6, 6.07) is 16.1. The van der Waals surface area contributed by atoms with Gasteiger partial charge in [0, 0.05) is 33.1 Å². The minimum atomic E-state index is -1.07. The highest BCUT2D eigenvalue weighted by molar-refractivity contribution is 5.83. The van der Waals surface area contributed by atoms with Crippen LogP contribution in [0.5, 0.6) is 0 Å². The van der Waals surface area contributed by atoms with Gasteiger partial charge in [0.1, 0.15) is 6.04 Å². The molecule has 2 aromatic rings. The molecule has 0 aromatic heterocycles. The number of carbonyl (C=O) groups excluding carboxylic acids is 2. The Labute approximate surface area is 177 Å². The quantitative estimate of drug-likeness (QED) is 0.509. The van der Waals surface area contributed by atoms with Gasteiger partial charge in [-0.15, -0.1) is 0 Å². The molecule has 5 N–H and O–H groups in total. The van der Waals surface area contributed by atoms with Crippen LogP contribution >= 0.6 is 0 Å². The van der Waals surface area contributed by atoms with Crippen LogP contribution in [0, 0.1) is 0 Å². The number of aliphatic hydroxyl groups excluding tert-OH is 1. The largest absolute Gasteiger partial charge is 0.389 e. The number of aliphatic hydroxyl groups is 1. The van der Waals surface area contributed by atoms with E-state index in [1.807, 2.05) is 54.6 Å². The van der Waals surface area contributed by atoms with Crippen molar-refractivity contribution in [2.45, 2.75) is 44.6 Å². The zero-order valence-electron chi connectivity index (χ0n) is 17.3. The highest BCUT2D eigenvalue weighted by atomic mass is 16.3. The Morgan fingerprint density at radius 3 is 2.60 bits per heavy atom. The van der Waals surface area contributed by atoms with Crippen molar-refractivity contribution in [1.82, 2.24) is 15.5 Å². The predicted octanol–water partition coefficient (Wildman–Crippen LogP) is 0.554. The highest BCUT2D eigenvalue weighted by Gasteiger charge is 2.38. The van der Waals surface area contributed by atoms with Gasteiger partial charge < -0.3 is 26.4 Å². The van der Waals surface area contributed by atoms with E-state index in [4.69, 9.17) is 5.73 Å². The SMILES string of the molecule is CC(=O)N[C@@H](Cc1cccc(CN)c1)[C@H](O)[C@@H]1NCCN(Cc2ccccc2)C1=O. The third kappa shape index (κ3) is 5.66. The molecule has 0 bridgehead atoms. The molecule has 0 unspecified atom stereocenters. The molecule has 0 spiro atoms. The Morgan fingerprint density at radius 1 is 1.20 bits per heavy atom. The maximum atomic E-state index is 13.1. The summed E-state index contributed by atoms with van der Waals surface area (Å²) >= 11 is 0. The number of benzene rings is 2. The van der Waals surface area contributed by atoms with E-state index in [1.165, 1.54) is 6.92 Å². The molecule has 30 heavy (non-hydrogen) atoms. The van der Waals surface area contributed by atoms with Crippen LogP contribution in [0.4, 0.5) is 0 Å². The summed E-state index contributed by atoms with van der Waals surface area (Å²) in [4.78, 5) is 26.6. The summed E-state index contributed by atoms with van der Waals surface area (Å²) in [5, 5.41) is 17.0. The zero-order valence-corrected chi connectivity index (χ0v) is 17.3. The molecule has 0 saturated carbocycles. The zero-order chi connectivity index (χ0) is 21.5. The average molecular weight is 411 g/mol. The number of hydrogen-bond acceptors (Lipinski definition) is 5. The van der Waals surface area contributed by atoms with Gasteiger partial charge in [-0.2, -0.15) is 0 Å². The summed E-state index contributed by atoms with van der Waals surface area (Å²) in [6.45, 7) is 3.47. The van der Waals surface area contributed by atoms with E-state index in [1.54, 1.807) is 4.90 Å². The maximum Gasteiger partial charge on any atom is 0.242 e. The van der Waals surface area contributed by atoms with Crippen molar-refractivity contribution >= 4 is 11.8 Å². The Bertz CT molecular complexity index is 859. The van der Waals surface area contributed by atoms with Crippen LogP contribution in [0.3, 0.4) is 0 Å². The number of amides is 2. The lowest BCUT2D eigenvalue weighted by Gasteiger charge is -2.38. The summed E-state index contributed by atoms with van der Waals surface area (Å²) in [5.41, 5.74) is 8.69.